The van der Waals surface area contributed by atoms with E-state index in [1.165, 1.54) is 36.6 Å². The van der Waals surface area contributed by atoms with Crippen molar-refractivity contribution in [3.63, 3.8) is 0 Å². The van der Waals surface area contributed by atoms with E-state index in [2.05, 4.69) is 30.7 Å². The van der Waals surface area contributed by atoms with Crippen LogP contribution in [0.2, 0.25) is 5.82 Å². The van der Waals surface area contributed by atoms with Gasteiger partial charge in [0.2, 0.25) is 0 Å². The van der Waals surface area contributed by atoms with E-state index in [-0.39, 0.29) is 0 Å². The van der Waals surface area contributed by atoms with Crippen LogP contribution in [0.4, 0.5) is 0 Å². The minimum absolute atomic E-state index is 0.519. The van der Waals surface area contributed by atoms with E-state index in [1.54, 1.807) is 7.11 Å². The van der Waals surface area contributed by atoms with Crippen molar-refractivity contribution in [3.05, 3.63) is 10.5 Å². The first kappa shape index (κ1) is 14.8. The van der Waals surface area contributed by atoms with Crippen LogP contribution in [-0.4, -0.2) is 28.7 Å². The van der Waals surface area contributed by atoms with Gasteiger partial charge in [-0.1, -0.05) is 0 Å². The molecule has 0 aliphatic heterocycles. The van der Waals surface area contributed by atoms with Crippen molar-refractivity contribution in [1.82, 2.24) is 0 Å². The summed E-state index contributed by atoms with van der Waals surface area (Å²) >= 11 is 0.519. The minimum atomic E-state index is 0.519. The van der Waals surface area contributed by atoms with Gasteiger partial charge in [0.15, 0.2) is 0 Å². The molecule has 0 aliphatic carbocycles. The summed E-state index contributed by atoms with van der Waals surface area (Å²) in [5, 5.41) is 0. The van der Waals surface area contributed by atoms with Crippen molar-refractivity contribution in [2.75, 3.05) is 13.7 Å². The molecule has 0 heterocycles. The van der Waals surface area contributed by atoms with Crippen LogP contribution in [0.5, 0.6) is 0 Å². The summed E-state index contributed by atoms with van der Waals surface area (Å²) in [5.74, 6) is 8.40. The molecule has 0 spiro atoms. The quantitative estimate of drug-likeness (QED) is 0.393. The van der Waals surface area contributed by atoms with E-state index in [0.29, 0.717) is 21.6 Å². The Morgan fingerprint density at radius 1 is 1.33 bits per heavy atom. The summed E-state index contributed by atoms with van der Waals surface area (Å²) in [6.45, 7) is 2.79. The molecule has 0 atom stereocenters. The van der Waals surface area contributed by atoms with E-state index in [1.807, 2.05) is 0 Å². The first-order valence-electron chi connectivity index (χ1n) is 5.57. The predicted molar refractivity (Wildman–Crippen MR) is 68.1 cm³/mol. The maximum atomic E-state index is 4.90. The normalized spacial score (nSPS) is 11.0. The van der Waals surface area contributed by atoms with Gasteiger partial charge in [-0.25, -0.2) is 0 Å². The van der Waals surface area contributed by atoms with Gasteiger partial charge in [0.25, 0.3) is 0 Å². The molecule has 0 saturated heterocycles. The van der Waals surface area contributed by atoms with Crippen LogP contribution in [0.25, 0.3) is 0 Å². The van der Waals surface area contributed by atoms with Crippen LogP contribution in [-0.2, 0) is 4.74 Å². The van der Waals surface area contributed by atoms with Gasteiger partial charge < -0.3 is 0 Å². The summed E-state index contributed by atoms with van der Waals surface area (Å²) in [7, 11) is 1.68. The molecule has 0 radical (unpaired) electrons. The average molecular weight is 273 g/mol. The van der Waals surface area contributed by atoms with Crippen molar-refractivity contribution < 1.29 is 4.74 Å². The summed E-state index contributed by atoms with van der Waals surface area (Å²) in [5.41, 5.74) is 0. The third kappa shape index (κ3) is 10.1. The molecular formula is C13H22OSe. The molecule has 0 fully saturated rings. The van der Waals surface area contributed by atoms with E-state index in [4.69, 9.17) is 4.74 Å². The Hall–Kier alpha value is -0.221. The Bertz CT molecular complexity index is 222. The average Bonchev–Trinajstić information content (AvgIpc) is 2.26. The number of unbranched alkanes of at least 4 members (excludes halogenated alkanes) is 4. The van der Waals surface area contributed by atoms with Crippen molar-refractivity contribution in [3.8, 4) is 11.8 Å². The fourth-order valence-electron chi connectivity index (χ4n) is 1.19. The van der Waals surface area contributed by atoms with E-state index in [9.17, 15) is 0 Å². The molecule has 0 unspecified atom stereocenters. The van der Waals surface area contributed by atoms with Crippen molar-refractivity contribution in [2.24, 2.45) is 0 Å². The van der Waals surface area contributed by atoms with Gasteiger partial charge in [-0.2, -0.15) is 0 Å². The number of ether oxygens (including phenoxy) is 1. The SMILES string of the molecule is CCCCCC/C=C(/C#CCOC)[Se]C. The maximum absolute atomic E-state index is 4.90. The fraction of sp³-hybridized carbons (Fsp3) is 0.692. The summed E-state index contributed by atoms with van der Waals surface area (Å²) in [6.07, 6.45) is 8.81. The second-order valence-corrected chi connectivity index (χ2v) is 5.14. The third-order valence-corrected chi connectivity index (χ3v) is 3.52. The molecule has 0 saturated carbocycles. The van der Waals surface area contributed by atoms with E-state index >= 15 is 0 Å². The van der Waals surface area contributed by atoms with Gasteiger partial charge in [-0.05, 0) is 0 Å². The summed E-state index contributed by atoms with van der Waals surface area (Å²) in [4.78, 5) is 0. The van der Waals surface area contributed by atoms with Crippen molar-refractivity contribution in [1.29, 1.82) is 0 Å². The first-order valence-corrected chi connectivity index (χ1v) is 8.14. The van der Waals surface area contributed by atoms with E-state index in [0.717, 1.165) is 0 Å². The third-order valence-electron chi connectivity index (χ3n) is 2.04. The Morgan fingerprint density at radius 3 is 2.73 bits per heavy atom. The second kappa shape index (κ2) is 11.9. The monoisotopic (exact) mass is 274 g/mol. The zero-order valence-electron chi connectivity index (χ0n) is 10.1. The topological polar surface area (TPSA) is 9.23 Å². The number of rotatable bonds is 7. The Morgan fingerprint density at radius 2 is 2.13 bits per heavy atom. The summed E-state index contributed by atoms with van der Waals surface area (Å²) in [6, 6.07) is 0. The molecule has 0 bridgehead atoms. The number of hydrogen-bond donors (Lipinski definition) is 0. The number of allylic oxidation sites excluding steroid dienone is 2. The first-order chi connectivity index (χ1) is 7.35. The molecule has 0 rings (SSSR count). The summed E-state index contributed by atoms with van der Waals surface area (Å²) < 4.78 is 6.22. The standard InChI is InChI=1S/C13H22OSe/c1-4-5-6-7-8-10-13(15-3)11-9-12-14-2/h10H,4-8,12H2,1-3H3/b13-10-. The van der Waals surface area contributed by atoms with Gasteiger partial charge in [-0.15, -0.1) is 0 Å². The zero-order chi connectivity index (χ0) is 11.4. The zero-order valence-corrected chi connectivity index (χ0v) is 11.8. The number of hydrogen-bond acceptors (Lipinski definition) is 1. The fourth-order valence-corrected chi connectivity index (χ4v) is 2.15. The molecule has 2 heteroatoms. The van der Waals surface area contributed by atoms with Crippen molar-refractivity contribution >= 4 is 15.0 Å². The van der Waals surface area contributed by atoms with Gasteiger partial charge in [0.1, 0.15) is 0 Å². The molecule has 86 valence electrons. The van der Waals surface area contributed by atoms with E-state index < -0.39 is 0 Å². The molecule has 0 amide bonds. The molecule has 0 N–H and O–H groups in total. The molecule has 0 aliphatic rings. The molecule has 1 nitrogen and oxygen atoms in total. The van der Waals surface area contributed by atoms with Crippen LogP contribution in [0.3, 0.4) is 0 Å². The van der Waals surface area contributed by atoms with Crippen LogP contribution in [0.1, 0.15) is 39.0 Å². The van der Waals surface area contributed by atoms with Gasteiger partial charge in [0.05, 0.1) is 0 Å². The molecule has 0 aromatic carbocycles. The molecule has 0 aromatic heterocycles. The van der Waals surface area contributed by atoms with Gasteiger partial charge in [-0.3, -0.25) is 0 Å². The van der Waals surface area contributed by atoms with Crippen LogP contribution in [0, 0.1) is 11.8 Å². The van der Waals surface area contributed by atoms with Crippen LogP contribution in [0.15, 0.2) is 10.5 Å². The Labute approximate surface area is 101 Å². The molecule has 15 heavy (non-hydrogen) atoms. The van der Waals surface area contributed by atoms with Gasteiger partial charge >= 0.3 is 101 Å². The predicted octanol–water partition coefficient (Wildman–Crippen LogP) is 3.24. The second-order valence-electron chi connectivity index (χ2n) is 3.36. The van der Waals surface area contributed by atoms with Crippen molar-refractivity contribution in [2.45, 2.75) is 44.9 Å². The number of methoxy groups -OCH3 is 1. The van der Waals surface area contributed by atoms with Crippen LogP contribution >= 0.6 is 0 Å². The Balaban J connectivity index is 3.75. The molecular weight excluding hydrogens is 251 g/mol. The Kier molecular flexibility index (Phi) is 11.7. The van der Waals surface area contributed by atoms with Gasteiger partial charge in [0, 0.05) is 0 Å². The molecule has 0 aromatic rings. The van der Waals surface area contributed by atoms with Crippen LogP contribution < -0.4 is 0 Å².